The lowest BCUT2D eigenvalue weighted by molar-refractivity contribution is -0.133. The zero-order chi connectivity index (χ0) is 17.8. The van der Waals surface area contributed by atoms with E-state index in [1.807, 2.05) is 25.1 Å². The summed E-state index contributed by atoms with van der Waals surface area (Å²) in [4.78, 5) is 38.4. The van der Waals surface area contributed by atoms with E-state index in [2.05, 4.69) is 10.6 Å². The summed E-state index contributed by atoms with van der Waals surface area (Å²) in [6.45, 7) is 2.67. The number of ether oxygens (including phenoxy) is 1. The molecule has 2 aliphatic heterocycles. The van der Waals surface area contributed by atoms with Crippen molar-refractivity contribution < 1.29 is 19.1 Å². The molecule has 0 aromatic heterocycles. The Morgan fingerprint density at radius 2 is 2.00 bits per heavy atom. The highest BCUT2D eigenvalue weighted by Gasteiger charge is 2.58. The second-order valence-electron chi connectivity index (χ2n) is 7.23. The van der Waals surface area contributed by atoms with E-state index in [1.54, 1.807) is 12.0 Å². The number of nitrogens with zero attached hydrogens (tertiary/aromatic N) is 1. The number of hydrogen-bond donors (Lipinski definition) is 2. The maximum Gasteiger partial charge on any atom is 0.322 e. The van der Waals surface area contributed by atoms with Crippen molar-refractivity contribution in [2.24, 2.45) is 0 Å². The lowest BCUT2D eigenvalue weighted by atomic mass is 9.93. The third-order valence-corrected chi connectivity index (χ3v) is 5.69. The Kier molecular flexibility index (Phi) is 3.32. The van der Waals surface area contributed by atoms with Crippen LogP contribution in [0, 0.1) is 6.92 Å². The number of imide groups is 1. The number of hydrogen-bond acceptors (Lipinski definition) is 4. The van der Waals surface area contributed by atoms with Crippen LogP contribution in [0.5, 0.6) is 5.75 Å². The second kappa shape index (κ2) is 5.21. The molecule has 0 unspecified atom stereocenters. The van der Waals surface area contributed by atoms with Crippen molar-refractivity contribution >= 4 is 17.8 Å². The van der Waals surface area contributed by atoms with Gasteiger partial charge in [-0.05, 0) is 43.4 Å². The molecule has 2 heterocycles. The molecule has 3 aliphatic rings. The van der Waals surface area contributed by atoms with Crippen LogP contribution in [0.3, 0.4) is 0 Å². The second-order valence-corrected chi connectivity index (χ2v) is 7.23. The van der Waals surface area contributed by atoms with Gasteiger partial charge in [-0.1, -0.05) is 12.1 Å². The molecule has 4 rings (SSSR count). The molecule has 1 aromatic rings. The molecule has 132 valence electrons. The van der Waals surface area contributed by atoms with Crippen LogP contribution in [0.1, 0.15) is 30.4 Å². The molecule has 1 spiro atoms. The molecule has 0 bridgehead atoms. The van der Waals surface area contributed by atoms with Crippen LogP contribution in [0.4, 0.5) is 4.79 Å². The lowest BCUT2D eigenvalue weighted by Crippen LogP contribution is -2.50. The van der Waals surface area contributed by atoms with Crippen LogP contribution in [-0.4, -0.2) is 48.5 Å². The minimum absolute atomic E-state index is 0.0317. The van der Waals surface area contributed by atoms with Gasteiger partial charge in [-0.15, -0.1) is 0 Å². The smallest absolute Gasteiger partial charge is 0.322 e. The molecular weight excluding hydrogens is 322 g/mol. The van der Waals surface area contributed by atoms with E-state index in [4.69, 9.17) is 4.74 Å². The molecule has 7 nitrogen and oxygen atoms in total. The zero-order valence-electron chi connectivity index (χ0n) is 14.3. The highest BCUT2D eigenvalue weighted by Crippen LogP contribution is 2.51. The number of nitrogens with one attached hydrogen (secondary N) is 2. The van der Waals surface area contributed by atoms with Gasteiger partial charge < -0.3 is 15.0 Å². The highest BCUT2D eigenvalue weighted by atomic mass is 16.5. The van der Waals surface area contributed by atoms with E-state index in [0.29, 0.717) is 13.0 Å². The lowest BCUT2D eigenvalue weighted by Gasteiger charge is -2.25. The van der Waals surface area contributed by atoms with Gasteiger partial charge in [-0.3, -0.25) is 14.9 Å². The van der Waals surface area contributed by atoms with Crippen molar-refractivity contribution in [2.75, 3.05) is 20.2 Å². The van der Waals surface area contributed by atoms with Crippen LogP contribution in [-0.2, 0) is 15.0 Å². The molecule has 1 atom stereocenters. The van der Waals surface area contributed by atoms with Crippen LogP contribution >= 0.6 is 0 Å². The first kappa shape index (κ1) is 15.9. The zero-order valence-corrected chi connectivity index (χ0v) is 14.3. The van der Waals surface area contributed by atoms with Gasteiger partial charge in [0.05, 0.1) is 19.1 Å². The predicted octanol–water partition coefficient (Wildman–Crippen LogP) is 0.846. The Labute approximate surface area is 145 Å². The monoisotopic (exact) mass is 343 g/mol. The van der Waals surface area contributed by atoms with Gasteiger partial charge in [0.1, 0.15) is 11.3 Å². The first-order chi connectivity index (χ1) is 11.9. The molecule has 4 amide bonds. The van der Waals surface area contributed by atoms with Gasteiger partial charge in [0.2, 0.25) is 5.91 Å². The van der Waals surface area contributed by atoms with E-state index >= 15 is 0 Å². The largest absolute Gasteiger partial charge is 0.496 e. The Morgan fingerprint density at radius 3 is 2.60 bits per heavy atom. The van der Waals surface area contributed by atoms with Gasteiger partial charge >= 0.3 is 6.03 Å². The average Bonchev–Trinajstić information content (AvgIpc) is 3.21. The average molecular weight is 343 g/mol. The van der Waals surface area contributed by atoms with Gasteiger partial charge in [0, 0.05) is 6.54 Å². The SMILES string of the molecule is COc1cc(C2(C(=O)N3CC[C@]4(C3)NC(=O)NC4=O)CC2)ccc1C. The maximum absolute atomic E-state index is 13.2. The Balaban J connectivity index is 1.57. The summed E-state index contributed by atoms with van der Waals surface area (Å²) >= 11 is 0. The third kappa shape index (κ3) is 2.29. The number of benzene rings is 1. The predicted molar refractivity (Wildman–Crippen MR) is 89.2 cm³/mol. The molecule has 1 aromatic carbocycles. The minimum Gasteiger partial charge on any atom is -0.496 e. The van der Waals surface area contributed by atoms with Gasteiger partial charge in [0.25, 0.3) is 5.91 Å². The van der Waals surface area contributed by atoms with Gasteiger partial charge in [-0.2, -0.15) is 0 Å². The number of rotatable bonds is 3. The van der Waals surface area contributed by atoms with E-state index in [9.17, 15) is 14.4 Å². The fraction of sp³-hybridized carbons (Fsp3) is 0.500. The summed E-state index contributed by atoms with van der Waals surface area (Å²) in [5.74, 6) is 0.468. The molecular formula is C18H21N3O4. The number of methoxy groups -OCH3 is 1. The molecule has 1 saturated carbocycles. The van der Waals surface area contributed by atoms with Crippen LogP contribution in [0.2, 0.25) is 0 Å². The number of carbonyl (C=O) groups is 3. The van der Waals surface area contributed by atoms with Gasteiger partial charge in [0.15, 0.2) is 0 Å². The number of aryl methyl sites for hydroxylation is 1. The molecule has 2 saturated heterocycles. The summed E-state index contributed by atoms with van der Waals surface area (Å²) in [6, 6.07) is 5.41. The first-order valence-electron chi connectivity index (χ1n) is 8.48. The fourth-order valence-electron chi connectivity index (χ4n) is 3.97. The summed E-state index contributed by atoms with van der Waals surface area (Å²) in [5, 5.41) is 4.96. The fourth-order valence-corrected chi connectivity index (χ4v) is 3.97. The number of likely N-dealkylation sites (tertiary alicyclic amines) is 1. The van der Waals surface area contributed by atoms with E-state index < -0.39 is 17.0 Å². The van der Waals surface area contributed by atoms with E-state index in [1.165, 1.54) is 0 Å². The Bertz CT molecular complexity index is 787. The highest BCUT2D eigenvalue weighted by molar-refractivity contribution is 6.08. The molecule has 0 radical (unpaired) electrons. The molecule has 3 fully saturated rings. The third-order valence-electron chi connectivity index (χ3n) is 5.69. The minimum atomic E-state index is -0.964. The van der Waals surface area contributed by atoms with Crippen molar-refractivity contribution in [3.8, 4) is 5.75 Å². The summed E-state index contributed by atoms with van der Waals surface area (Å²) in [7, 11) is 1.62. The number of amides is 4. The maximum atomic E-state index is 13.2. The first-order valence-corrected chi connectivity index (χ1v) is 8.48. The molecule has 2 N–H and O–H groups in total. The molecule has 7 heteroatoms. The normalized spacial score (nSPS) is 26.6. The number of urea groups is 1. The standard InChI is InChI=1S/C18H21N3O4/c1-11-3-4-12(9-13(11)25-2)17(5-6-17)15(23)21-8-7-18(10-21)14(22)19-16(24)20-18/h3-4,9H,5-8,10H2,1-2H3,(H2,19,20,22,24)/t18-/m1/s1. The summed E-state index contributed by atoms with van der Waals surface area (Å²) in [6.07, 6.45) is 2.03. The van der Waals surface area contributed by atoms with Gasteiger partial charge in [-0.25, -0.2) is 4.79 Å². The van der Waals surface area contributed by atoms with Crippen molar-refractivity contribution in [1.29, 1.82) is 0 Å². The van der Waals surface area contributed by atoms with E-state index in [0.717, 1.165) is 29.7 Å². The van der Waals surface area contributed by atoms with Crippen LogP contribution in [0.15, 0.2) is 18.2 Å². The molecule has 25 heavy (non-hydrogen) atoms. The molecule has 1 aliphatic carbocycles. The Morgan fingerprint density at radius 1 is 1.24 bits per heavy atom. The Hall–Kier alpha value is -2.57. The summed E-state index contributed by atoms with van der Waals surface area (Å²) in [5.41, 5.74) is 0.500. The van der Waals surface area contributed by atoms with Crippen molar-refractivity contribution in [1.82, 2.24) is 15.5 Å². The van der Waals surface area contributed by atoms with Crippen molar-refractivity contribution in [3.63, 3.8) is 0 Å². The van der Waals surface area contributed by atoms with Crippen molar-refractivity contribution in [2.45, 2.75) is 37.1 Å². The van der Waals surface area contributed by atoms with Crippen LogP contribution in [0.25, 0.3) is 0 Å². The topological polar surface area (TPSA) is 87.7 Å². The van der Waals surface area contributed by atoms with Crippen LogP contribution < -0.4 is 15.4 Å². The van der Waals surface area contributed by atoms with Crippen molar-refractivity contribution in [3.05, 3.63) is 29.3 Å². The quantitative estimate of drug-likeness (QED) is 0.797. The summed E-state index contributed by atoms with van der Waals surface area (Å²) < 4.78 is 5.39. The number of carbonyl (C=O) groups excluding carboxylic acids is 3. The van der Waals surface area contributed by atoms with E-state index in [-0.39, 0.29) is 18.4 Å².